The normalized spacial score (nSPS) is 21.5. The highest BCUT2D eigenvalue weighted by Gasteiger charge is 2.38. The summed E-state index contributed by atoms with van der Waals surface area (Å²) in [7, 11) is -2.93. The highest BCUT2D eigenvalue weighted by atomic mass is 32.2. The van der Waals surface area contributed by atoms with Crippen LogP contribution in [0.15, 0.2) is 17.1 Å². The molecule has 1 fully saturated rings. The summed E-state index contributed by atoms with van der Waals surface area (Å²) in [6.07, 6.45) is 3.30. The lowest BCUT2D eigenvalue weighted by molar-refractivity contribution is 0.341. The molecule has 0 bridgehead atoms. The van der Waals surface area contributed by atoms with E-state index in [0.717, 1.165) is 13.1 Å². The van der Waals surface area contributed by atoms with Gasteiger partial charge in [-0.1, -0.05) is 19.9 Å². The lowest BCUT2D eigenvalue weighted by atomic mass is 9.87. The summed E-state index contributed by atoms with van der Waals surface area (Å²) in [5, 5.41) is 0. The smallest absolute Gasteiger partial charge is 0.147 e. The molecule has 0 radical (unpaired) electrons. The second-order valence-electron chi connectivity index (χ2n) is 7.24. The van der Waals surface area contributed by atoms with Crippen LogP contribution in [0.4, 0.5) is 5.69 Å². The molecule has 1 aromatic carbocycles. The van der Waals surface area contributed by atoms with Crippen molar-refractivity contribution < 1.29 is 8.42 Å². The number of benzene rings is 1. The maximum absolute atomic E-state index is 11.6. The summed E-state index contributed by atoms with van der Waals surface area (Å²) in [4.78, 5) is 6.77. The molecule has 0 saturated carbocycles. The maximum atomic E-state index is 11.6. The Labute approximate surface area is 146 Å². The number of sulfone groups is 1. The summed E-state index contributed by atoms with van der Waals surface area (Å²) in [5.41, 5.74) is 4.97. The van der Waals surface area contributed by atoms with Crippen LogP contribution in [0.1, 0.15) is 50.3 Å². The van der Waals surface area contributed by atoms with E-state index in [1.807, 2.05) is 13.1 Å². The topological polar surface area (TPSA) is 49.7 Å². The van der Waals surface area contributed by atoms with Crippen molar-refractivity contribution in [2.24, 2.45) is 10.9 Å². The molecule has 0 unspecified atom stereocenters. The molecule has 0 spiro atoms. The van der Waals surface area contributed by atoms with Gasteiger partial charge in [0.05, 0.1) is 5.75 Å². The van der Waals surface area contributed by atoms with Gasteiger partial charge in [0.1, 0.15) is 9.84 Å². The van der Waals surface area contributed by atoms with E-state index < -0.39 is 9.84 Å². The molecule has 0 N–H and O–H groups in total. The van der Waals surface area contributed by atoms with Crippen LogP contribution in [-0.4, -0.2) is 45.8 Å². The molecule has 1 saturated heterocycles. The minimum Gasteiger partial charge on any atom is -0.368 e. The van der Waals surface area contributed by atoms with Crippen molar-refractivity contribution in [3.63, 3.8) is 0 Å². The summed E-state index contributed by atoms with van der Waals surface area (Å²) < 4.78 is 23.1. The van der Waals surface area contributed by atoms with Gasteiger partial charge < -0.3 is 4.90 Å². The first kappa shape index (κ1) is 19.0. The zero-order chi connectivity index (χ0) is 18.1. The summed E-state index contributed by atoms with van der Waals surface area (Å²) >= 11 is 0. The second-order valence-corrected chi connectivity index (χ2v) is 9.43. The average molecular weight is 351 g/mol. The van der Waals surface area contributed by atoms with Gasteiger partial charge in [-0.3, -0.25) is 4.99 Å². The molecule has 134 valence electrons. The van der Waals surface area contributed by atoms with Crippen LogP contribution < -0.4 is 4.90 Å². The summed E-state index contributed by atoms with van der Waals surface area (Å²) in [5.74, 6) is 0.951. The summed E-state index contributed by atoms with van der Waals surface area (Å²) in [6, 6.07) is 4.61. The minimum atomic E-state index is -2.93. The number of nitrogens with zero attached hydrogens (tertiary/aromatic N) is 2. The molecule has 5 heteroatoms. The Morgan fingerprint density at radius 1 is 1.38 bits per heavy atom. The van der Waals surface area contributed by atoms with Crippen molar-refractivity contribution in [1.82, 2.24) is 0 Å². The Morgan fingerprint density at radius 3 is 2.54 bits per heavy atom. The van der Waals surface area contributed by atoms with Gasteiger partial charge in [0.15, 0.2) is 0 Å². The molecular formula is C19H30N2O2S. The molecule has 2 atom stereocenters. The Kier molecular flexibility index (Phi) is 5.74. The van der Waals surface area contributed by atoms with Crippen molar-refractivity contribution in [1.29, 1.82) is 0 Å². The van der Waals surface area contributed by atoms with Gasteiger partial charge in [-0.15, -0.1) is 0 Å². The first-order chi connectivity index (χ1) is 11.2. The van der Waals surface area contributed by atoms with Crippen molar-refractivity contribution in [2.45, 2.75) is 46.6 Å². The third kappa shape index (κ3) is 4.00. The fourth-order valence-corrected chi connectivity index (χ4v) is 4.70. The third-order valence-corrected chi connectivity index (χ3v) is 6.02. The highest BCUT2D eigenvalue weighted by Crippen LogP contribution is 2.36. The molecule has 24 heavy (non-hydrogen) atoms. The van der Waals surface area contributed by atoms with Crippen molar-refractivity contribution in [3.8, 4) is 0 Å². The van der Waals surface area contributed by atoms with Crippen molar-refractivity contribution in [3.05, 3.63) is 28.8 Å². The van der Waals surface area contributed by atoms with Crippen LogP contribution in [0.2, 0.25) is 0 Å². The van der Waals surface area contributed by atoms with E-state index in [1.165, 1.54) is 28.6 Å². The van der Waals surface area contributed by atoms with Crippen LogP contribution in [0.5, 0.6) is 0 Å². The summed E-state index contributed by atoms with van der Waals surface area (Å²) in [6.45, 7) is 12.3. The monoisotopic (exact) mass is 350 g/mol. The molecule has 4 nitrogen and oxygen atoms in total. The third-order valence-electron chi connectivity index (χ3n) is 4.99. The largest absolute Gasteiger partial charge is 0.368 e. The highest BCUT2D eigenvalue weighted by molar-refractivity contribution is 7.90. The number of rotatable bonds is 6. The van der Waals surface area contributed by atoms with E-state index in [1.54, 1.807) is 0 Å². The van der Waals surface area contributed by atoms with E-state index in [9.17, 15) is 8.42 Å². The van der Waals surface area contributed by atoms with E-state index >= 15 is 0 Å². The van der Waals surface area contributed by atoms with Crippen molar-refractivity contribution in [2.75, 3.05) is 30.0 Å². The van der Waals surface area contributed by atoms with Crippen LogP contribution >= 0.6 is 0 Å². The molecule has 1 heterocycles. The standard InChI is InChI=1S/C19H30N2O2S/c1-7-20-10-18-14(4)17(13(2)3)8-9-19(18)21-11-16(15(21)5)12-24(6,22)23/h8-10,13,15-16H,7,11-12H2,1-6H3/t15-,16-/m1/s1. The van der Waals surface area contributed by atoms with Gasteiger partial charge in [-0.25, -0.2) is 8.42 Å². The average Bonchev–Trinajstić information content (AvgIpc) is 2.48. The predicted molar refractivity (Wildman–Crippen MR) is 103 cm³/mol. The number of anilines is 1. The van der Waals surface area contributed by atoms with E-state index in [2.05, 4.69) is 49.7 Å². The van der Waals surface area contributed by atoms with Gasteiger partial charge in [0, 0.05) is 48.8 Å². The molecule has 2 rings (SSSR count). The van der Waals surface area contributed by atoms with Gasteiger partial charge in [0.25, 0.3) is 0 Å². The predicted octanol–water partition coefficient (Wildman–Crippen LogP) is 3.43. The molecule has 0 amide bonds. The first-order valence-electron chi connectivity index (χ1n) is 8.73. The lowest BCUT2D eigenvalue weighted by Crippen LogP contribution is -2.57. The van der Waals surface area contributed by atoms with Gasteiger partial charge in [0.2, 0.25) is 0 Å². The van der Waals surface area contributed by atoms with Crippen LogP contribution in [0, 0.1) is 12.8 Å². The van der Waals surface area contributed by atoms with E-state index in [-0.39, 0.29) is 17.7 Å². The number of hydrogen-bond acceptors (Lipinski definition) is 4. The Balaban J connectivity index is 2.34. The number of aliphatic imine (C=N–C) groups is 1. The van der Waals surface area contributed by atoms with Crippen LogP contribution in [0.3, 0.4) is 0 Å². The van der Waals surface area contributed by atoms with Crippen LogP contribution in [-0.2, 0) is 9.84 Å². The SMILES string of the molecule is CCN=Cc1c(N2C[C@H](CS(C)(=O)=O)[C@H]2C)ccc(C(C)C)c1C. The zero-order valence-corrected chi connectivity index (χ0v) is 16.5. The maximum Gasteiger partial charge on any atom is 0.147 e. The van der Waals surface area contributed by atoms with Crippen molar-refractivity contribution >= 4 is 21.7 Å². The van der Waals surface area contributed by atoms with Gasteiger partial charge >= 0.3 is 0 Å². The van der Waals surface area contributed by atoms with Gasteiger partial charge in [-0.2, -0.15) is 0 Å². The first-order valence-corrected chi connectivity index (χ1v) is 10.8. The molecule has 1 aliphatic heterocycles. The Bertz CT molecular complexity index is 723. The number of hydrogen-bond donors (Lipinski definition) is 0. The fraction of sp³-hybridized carbons (Fsp3) is 0.632. The molecule has 1 aliphatic rings. The van der Waals surface area contributed by atoms with E-state index in [0.29, 0.717) is 5.92 Å². The molecule has 0 aromatic heterocycles. The Morgan fingerprint density at radius 2 is 2.04 bits per heavy atom. The zero-order valence-electron chi connectivity index (χ0n) is 15.7. The minimum absolute atomic E-state index is 0.209. The fourth-order valence-electron chi connectivity index (χ4n) is 3.54. The molecule has 0 aliphatic carbocycles. The second kappa shape index (κ2) is 7.26. The molecular weight excluding hydrogens is 320 g/mol. The van der Waals surface area contributed by atoms with Crippen LogP contribution in [0.25, 0.3) is 0 Å². The lowest BCUT2D eigenvalue weighted by Gasteiger charge is -2.48. The Hall–Kier alpha value is -1.36. The van der Waals surface area contributed by atoms with E-state index in [4.69, 9.17) is 0 Å². The quantitative estimate of drug-likeness (QED) is 0.739. The molecule has 1 aromatic rings. The van der Waals surface area contributed by atoms with Gasteiger partial charge in [-0.05, 0) is 43.9 Å².